The molecule has 0 fully saturated rings. The number of aromatic nitrogens is 1. The van der Waals surface area contributed by atoms with Crippen molar-refractivity contribution in [3.8, 4) is 0 Å². The second-order valence-corrected chi connectivity index (χ2v) is 4.05. The summed E-state index contributed by atoms with van der Waals surface area (Å²) in [5, 5.41) is 3.10. The second kappa shape index (κ2) is 4.75. The number of rotatable bonds is 3. The lowest BCUT2D eigenvalue weighted by molar-refractivity contribution is 0.100. The van der Waals surface area contributed by atoms with E-state index in [1.54, 1.807) is 30.6 Å². The SMILES string of the molecule is Cc1cncc(Nc2ccc(N)cc2C(N)=O)c1. The molecule has 0 saturated heterocycles. The summed E-state index contributed by atoms with van der Waals surface area (Å²) in [5.41, 5.74) is 14.2. The van der Waals surface area contributed by atoms with E-state index in [0.717, 1.165) is 11.3 Å². The molecule has 1 aromatic heterocycles. The monoisotopic (exact) mass is 242 g/mol. The van der Waals surface area contributed by atoms with Crippen LogP contribution in [0.1, 0.15) is 15.9 Å². The van der Waals surface area contributed by atoms with E-state index in [2.05, 4.69) is 10.3 Å². The van der Waals surface area contributed by atoms with Crippen molar-refractivity contribution in [1.29, 1.82) is 0 Å². The molecule has 2 rings (SSSR count). The topological polar surface area (TPSA) is 94.0 Å². The summed E-state index contributed by atoms with van der Waals surface area (Å²) < 4.78 is 0. The molecular weight excluding hydrogens is 228 g/mol. The van der Waals surface area contributed by atoms with Gasteiger partial charge in [0, 0.05) is 11.9 Å². The minimum atomic E-state index is -0.523. The fourth-order valence-corrected chi connectivity index (χ4v) is 1.65. The number of primary amides is 1. The summed E-state index contributed by atoms with van der Waals surface area (Å²) in [4.78, 5) is 15.4. The number of aryl methyl sites for hydroxylation is 1. The van der Waals surface area contributed by atoms with Crippen LogP contribution < -0.4 is 16.8 Å². The number of benzene rings is 1. The molecule has 0 aliphatic rings. The van der Waals surface area contributed by atoms with Crippen LogP contribution >= 0.6 is 0 Å². The lowest BCUT2D eigenvalue weighted by Crippen LogP contribution is -2.13. The van der Waals surface area contributed by atoms with E-state index in [9.17, 15) is 4.79 Å². The lowest BCUT2D eigenvalue weighted by Gasteiger charge is -2.10. The summed E-state index contributed by atoms with van der Waals surface area (Å²) in [6.07, 6.45) is 3.43. The Labute approximate surface area is 105 Å². The molecule has 0 saturated carbocycles. The van der Waals surface area contributed by atoms with Gasteiger partial charge in [0.25, 0.3) is 5.91 Å². The van der Waals surface area contributed by atoms with Gasteiger partial charge in [-0.3, -0.25) is 9.78 Å². The third kappa shape index (κ3) is 2.57. The van der Waals surface area contributed by atoms with Crippen molar-refractivity contribution in [2.24, 2.45) is 5.73 Å². The molecule has 5 N–H and O–H groups in total. The van der Waals surface area contributed by atoms with Gasteiger partial charge >= 0.3 is 0 Å². The number of carbonyl (C=O) groups excluding carboxylic acids is 1. The van der Waals surface area contributed by atoms with Crippen LogP contribution in [0.25, 0.3) is 0 Å². The van der Waals surface area contributed by atoms with E-state index >= 15 is 0 Å². The van der Waals surface area contributed by atoms with Crippen LogP contribution in [0.2, 0.25) is 0 Å². The van der Waals surface area contributed by atoms with Crippen molar-refractivity contribution in [3.05, 3.63) is 47.8 Å². The summed E-state index contributed by atoms with van der Waals surface area (Å²) in [6, 6.07) is 6.90. The lowest BCUT2D eigenvalue weighted by atomic mass is 10.1. The summed E-state index contributed by atoms with van der Waals surface area (Å²) in [7, 11) is 0. The average molecular weight is 242 g/mol. The van der Waals surface area contributed by atoms with Crippen molar-refractivity contribution < 1.29 is 4.79 Å². The highest BCUT2D eigenvalue weighted by Crippen LogP contribution is 2.22. The maximum Gasteiger partial charge on any atom is 0.250 e. The third-order valence-electron chi connectivity index (χ3n) is 2.46. The van der Waals surface area contributed by atoms with Crippen molar-refractivity contribution in [2.75, 3.05) is 11.1 Å². The van der Waals surface area contributed by atoms with E-state index in [1.165, 1.54) is 0 Å². The van der Waals surface area contributed by atoms with E-state index in [4.69, 9.17) is 11.5 Å². The molecule has 0 aliphatic carbocycles. The summed E-state index contributed by atoms with van der Waals surface area (Å²) >= 11 is 0. The Bertz CT molecular complexity index is 595. The fourth-order valence-electron chi connectivity index (χ4n) is 1.65. The normalized spacial score (nSPS) is 10.1. The van der Waals surface area contributed by atoms with E-state index in [1.807, 2.05) is 13.0 Å². The second-order valence-electron chi connectivity index (χ2n) is 4.05. The van der Waals surface area contributed by atoms with Gasteiger partial charge in [0.15, 0.2) is 0 Å². The number of nitrogen functional groups attached to an aromatic ring is 1. The van der Waals surface area contributed by atoms with Crippen LogP contribution in [-0.2, 0) is 0 Å². The van der Waals surface area contributed by atoms with Gasteiger partial charge in [-0.2, -0.15) is 0 Å². The van der Waals surface area contributed by atoms with Crippen LogP contribution in [0, 0.1) is 6.92 Å². The highest BCUT2D eigenvalue weighted by molar-refractivity contribution is 6.00. The highest BCUT2D eigenvalue weighted by atomic mass is 16.1. The Morgan fingerprint density at radius 3 is 2.72 bits per heavy atom. The van der Waals surface area contributed by atoms with Gasteiger partial charge in [-0.15, -0.1) is 0 Å². The molecule has 1 amide bonds. The molecular formula is C13H14N4O. The van der Waals surface area contributed by atoms with Gasteiger partial charge in [0.2, 0.25) is 0 Å². The Balaban J connectivity index is 2.37. The first kappa shape index (κ1) is 11.9. The summed E-state index contributed by atoms with van der Waals surface area (Å²) in [6.45, 7) is 1.94. The van der Waals surface area contributed by atoms with Gasteiger partial charge < -0.3 is 16.8 Å². The van der Waals surface area contributed by atoms with Crippen molar-refractivity contribution in [3.63, 3.8) is 0 Å². The molecule has 1 heterocycles. The Morgan fingerprint density at radius 1 is 1.28 bits per heavy atom. The third-order valence-corrected chi connectivity index (χ3v) is 2.46. The maximum absolute atomic E-state index is 11.3. The molecule has 92 valence electrons. The standard InChI is InChI=1S/C13H14N4O/c1-8-4-10(7-16-6-8)17-12-3-2-9(14)5-11(12)13(15)18/h2-7,17H,14H2,1H3,(H2,15,18). The molecule has 18 heavy (non-hydrogen) atoms. The van der Waals surface area contributed by atoms with Gasteiger partial charge in [0.05, 0.1) is 23.1 Å². The first-order valence-corrected chi connectivity index (χ1v) is 5.44. The van der Waals surface area contributed by atoms with Crippen molar-refractivity contribution in [2.45, 2.75) is 6.92 Å². The Hall–Kier alpha value is -2.56. The smallest absolute Gasteiger partial charge is 0.250 e. The molecule has 0 bridgehead atoms. The molecule has 2 aromatic rings. The zero-order chi connectivity index (χ0) is 13.1. The predicted molar refractivity (Wildman–Crippen MR) is 71.6 cm³/mol. The quantitative estimate of drug-likeness (QED) is 0.715. The first-order valence-electron chi connectivity index (χ1n) is 5.44. The Morgan fingerprint density at radius 2 is 2.06 bits per heavy atom. The zero-order valence-corrected chi connectivity index (χ0v) is 9.97. The van der Waals surface area contributed by atoms with Gasteiger partial charge in [-0.1, -0.05) is 0 Å². The molecule has 5 heteroatoms. The molecule has 0 unspecified atom stereocenters. The van der Waals surface area contributed by atoms with Gasteiger partial charge in [-0.05, 0) is 36.8 Å². The molecule has 0 aliphatic heterocycles. The number of pyridine rings is 1. The van der Waals surface area contributed by atoms with Crippen molar-refractivity contribution >= 4 is 23.0 Å². The number of hydrogen-bond acceptors (Lipinski definition) is 4. The van der Waals surface area contributed by atoms with Gasteiger partial charge in [-0.25, -0.2) is 0 Å². The highest BCUT2D eigenvalue weighted by Gasteiger charge is 2.08. The number of anilines is 3. The average Bonchev–Trinajstić information content (AvgIpc) is 2.31. The van der Waals surface area contributed by atoms with Crippen LogP contribution in [0.15, 0.2) is 36.7 Å². The molecule has 0 spiro atoms. The van der Waals surface area contributed by atoms with Crippen LogP contribution in [0.3, 0.4) is 0 Å². The van der Waals surface area contributed by atoms with Crippen LogP contribution in [0.4, 0.5) is 17.1 Å². The summed E-state index contributed by atoms with van der Waals surface area (Å²) in [5.74, 6) is -0.523. The minimum absolute atomic E-state index is 0.358. The maximum atomic E-state index is 11.3. The number of hydrogen-bond donors (Lipinski definition) is 3. The number of carbonyl (C=O) groups is 1. The Kier molecular flexibility index (Phi) is 3.14. The molecule has 0 atom stereocenters. The number of nitrogens with one attached hydrogen (secondary N) is 1. The number of nitrogens with two attached hydrogens (primary N) is 2. The number of nitrogens with zero attached hydrogens (tertiary/aromatic N) is 1. The predicted octanol–water partition coefficient (Wildman–Crippen LogP) is 1.81. The van der Waals surface area contributed by atoms with Crippen molar-refractivity contribution in [1.82, 2.24) is 4.98 Å². The van der Waals surface area contributed by atoms with E-state index < -0.39 is 5.91 Å². The molecule has 5 nitrogen and oxygen atoms in total. The number of amides is 1. The van der Waals surface area contributed by atoms with Crippen LogP contribution in [-0.4, -0.2) is 10.9 Å². The minimum Gasteiger partial charge on any atom is -0.399 e. The van der Waals surface area contributed by atoms with E-state index in [0.29, 0.717) is 16.9 Å². The zero-order valence-electron chi connectivity index (χ0n) is 9.97. The molecule has 0 radical (unpaired) electrons. The van der Waals surface area contributed by atoms with E-state index in [-0.39, 0.29) is 0 Å². The van der Waals surface area contributed by atoms with Crippen LogP contribution in [0.5, 0.6) is 0 Å². The van der Waals surface area contributed by atoms with Gasteiger partial charge in [0.1, 0.15) is 0 Å². The molecule has 1 aromatic carbocycles. The fraction of sp³-hybridized carbons (Fsp3) is 0.0769. The largest absolute Gasteiger partial charge is 0.399 e. The first-order chi connectivity index (χ1) is 8.56.